The Morgan fingerprint density at radius 2 is 1.89 bits per heavy atom. The Bertz CT molecular complexity index is 718. The van der Waals surface area contributed by atoms with E-state index in [0.717, 1.165) is 31.6 Å². The molecular formula is C20H31N4O4+. The Kier molecular flexibility index (Phi) is 6.28. The lowest BCUT2D eigenvalue weighted by molar-refractivity contribution is -0.885. The van der Waals surface area contributed by atoms with Crippen LogP contribution in [-0.2, 0) is 4.79 Å². The highest BCUT2D eigenvalue weighted by Gasteiger charge is 2.34. The highest BCUT2D eigenvalue weighted by Crippen LogP contribution is 2.33. The molecule has 28 heavy (non-hydrogen) atoms. The van der Waals surface area contributed by atoms with E-state index in [-0.39, 0.29) is 24.0 Å². The number of carbonyl (C=O) groups is 2. The van der Waals surface area contributed by atoms with Crippen molar-refractivity contribution >= 4 is 17.6 Å². The van der Waals surface area contributed by atoms with E-state index in [4.69, 9.17) is 9.47 Å². The third-order valence-electron chi connectivity index (χ3n) is 5.81. The summed E-state index contributed by atoms with van der Waals surface area (Å²) >= 11 is 0. The Labute approximate surface area is 166 Å². The standard InChI is InChI=1S/C20H30N4O4/c1-22-9-7-15(8-10-22)23(2)20(26)21-14-11-19(25)24(13-14)16-5-6-17(27-3)18(12-16)28-4/h5-6,12,14-15H,7-11,13H2,1-4H3,(H,21,26)/p+1/t14-/m0/s1. The second-order valence-corrected chi connectivity index (χ2v) is 7.69. The molecule has 2 N–H and O–H groups in total. The molecule has 2 aliphatic rings. The second-order valence-electron chi connectivity index (χ2n) is 7.69. The second kappa shape index (κ2) is 8.68. The first-order valence-corrected chi connectivity index (χ1v) is 9.80. The minimum absolute atomic E-state index is 0.0111. The number of hydrogen-bond acceptors (Lipinski definition) is 4. The monoisotopic (exact) mass is 391 g/mol. The molecule has 154 valence electrons. The number of likely N-dealkylation sites (tertiary alicyclic amines) is 1. The largest absolute Gasteiger partial charge is 0.493 e. The van der Waals surface area contributed by atoms with E-state index in [1.807, 2.05) is 13.1 Å². The van der Waals surface area contributed by atoms with Crippen molar-refractivity contribution < 1.29 is 24.0 Å². The number of hydrogen-bond donors (Lipinski definition) is 2. The molecule has 2 heterocycles. The summed E-state index contributed by atoms with van der Waals surface area (Å²) in [5.74, 6) is 1.18. The molecule has 2 saturated heterocycles. The number of rotatable bonds is 5. The summed E-state index contributed by atoms with van der Waals surface area (Å²) in [7, 11) is 7.18. The van der Waals surface area contributed by atoms with Crippen LogP contribution in [0.25, 0.3) is 0 Å². The molecular weight excluding hydrogens is 360 g/mol. The van der Waals surface area contributed by atoms with Gasteiger partial charge in [-0.05, 0) is 12.1 Å². The van der Waals surface area contributed by atoms with Crippen molar-refractivity contribution in [2.75, 3.05) is 52.8 Å². The van der Waals surface area contributed by atoms with Crippen LogP contribution >= 0.6 is 0 Å². The van der Waals surface area contributed by atoms with E-state index in [9.17, 15) is 9.59 Å². The molecule has 1 aromatic carbocycles. The van der Waals surface area contributed by atoms with Gasteiger partial charge in [0, 0.05) is 50.7 Å². The molecule has 1 aromatic rings. The third-order valence-corrected chi connectivity index (χ3v) is 5.81. The van der Waals surface area contributed by atoms with Crippen molar-refractivity contribution in [3.05, 3.63) is 18.2 Å². The van der Waals surface area contributed by atoms with Crippen LogP contribution < -0.4 is 24.6 Å². The lowest BCUT2D eigenvalue weighted by atomic mass is 10.0. The van der Waals surface area contributed by atoms with Gasteiger partial charge in [0.2, 0.25) is 5.91 Å². The number of nitrogens with one attached hydrogen (secondary N) is 2. The number of nitrogens with zero attached hydrogens (tertiary/aromatic N) is 2. The van der Waals surface area contributed by atoms with Crippen LogP contribution in [0.15, 0.2) is 18.2 Å². The van der Waals surface area contributed by atoms with Crippen molar-refractivity contribution in [1.82, 2.24) is 10.2 Å². The average Bonchev–Trinajstić information content (AvgIpc) is 3.07. The predicted molar refractivity (Wildman–Crippen MR) is 106 cm³/mol. The Morgan fingerprint density at radius 1 is 1.21 bits per heavy atom. The summed E-state index contributed by atoms with van der Waals surface area (Å²) in [5, 5.41) is 3.03. The number of urea groups is 1. The van der Waals surface area contributed by atoms with Gasteiger partial charge in [0.05, 0.1) is 40.4 Å². The molecule has 0 aliphatic carbocycles. The van der Waals surface area contributed by atoms with Gasteiger partial charge in [0.25, 0.3) is 0 Å². The first-order chi connectivity index (χ1) is 13.4. The molecule has 2 fully saturated rings. The molecule has 0 aromatic heterocycles. The molecule has 0 bridgehead atoms. The number of carbonyl (C=O) groups excluding carboxylic acids is 2. The van der Waals surface area contributed by atoms with Gasteiger partial charge in [-0.1, -0.05) is 0 Å². The molecule has 1 atom stereocenters. The molecule has 0 radical (unpaired) electrons. The van der Waals surface area contributed by atoms with Crippen molar-refractivity contribution in [3.63, 3.8) is 0 Å². The Hall–Kier alpha value is -2.48. The van der Waals surface area contributed by atoms with Crippen LogP contribution in [0, 0.1) is 0 Å². The number of amides is 3. The topological polar surface area (TPSA) is 75.5 Å². The van der Waals surface area contributed by atoms with Gasteiger partial charge in [0.1, 0.15) is 0 Å². The van der Waals surface area contributed by atoms with Crippen LogP contribution in [0.4, 0.5) is 10.5 Å². The van der Waals surface area contributed by atoms with Gasteiger partial charge < -0.3 is 29.5 Å². The molecule has 0 saturated carbocycles. The number of anilines is 1. The number of benzene rings is 1. The van der Waals surface area contributed by atoms with Crippen LogP contribution in [0.2, 0.25) is 0 Å². The SMILES string of the molecule is COc1ccc(N2C[C@@H](NC(=O)N(C)C3CC[NH+](C)CC3)CC2=O)cc1OC. The Balaban J connectivity index is 1.60. The third kappa shape index (κ3) is 4.32. The zero-order valence-electron chi connectivity index (χ0n) is 17.2. The molecule has 3 amide bonds. The van der Waals surface area contributed by atoms with Crippen molar-refractivity contribution in [2.24, 2.45) is 0 Å². The molecule has 0 unspecified atom stereocenters. The van der Waals surface area contributed by atoms with Crippen molar-refractivity contribution in [1.29, 1.82) is 0 Å². The minimum Gasteiger partial charge on any atom is -0.493 e. The molecule has 2 aliphatic heterocycles. The molecule has 3 rings (SSSR count). The van der Waals surface area contributed by atoms with Crippen LogP contribution in [-0.4, -0.2) is 76.9 Å². The van der Waals surface area contributed by atoms with E-state index in [2.05, 4.69) is 12.4 Å². The van der Waals surface area contributed by atoms with Gasteiger partial charge in [-0.3, -0.25) is 4.79 Å². The van der Waals surface area contributed by atoms with E-state index >= 15 is 0 Å². The lowest BCUT2D eigenvalue weighted by Crippen LogP contribution is -3.10. The first kappa shape index (κ1) is 20.3. The summed E-state index contributed by atoms with van der Waals surface area (Å²) in [6, 6.07) is 5.36. The van der Waals surface area contributed by atoms with E-state index in [1.54, 1.807) is 36.2 Å². The fourth-order valence-corrected chi connectivity index (χ4v) is 3.97. The molecule has 8 heteroatoms. The van der Waals surface area contributed by atoms with Crippen LogP contribution in [0.1, 0.15) is 19.3 Å². The Morgan fingerprint density at radius 3 is 2.54 bits per heavy atom. The van der Waals surface area contributed by atoms with Gasteiger partial charge >= 0.3 is 6.03 Å². The smallest absolute Gasteiger partial charge is 0.317 e. The maximum atomic E-state index is 12.7. The number of quaternary nitrogens is 1. The van der Waals surface area contributed by atoms with E-state index in [1.165, 1.54) is 4.90 Å². The van der Waals surface area contributed by atoms with Gasteiger partial charge in [-0.25, -0.2) is 4.79 Å². The highest BCUT2D eigenvalue weighted by atomic mass is 16.5. The minimum atomic E-state index is -0.201. The number of ether oxygens (including phenoxy) is 2. The number of piperidine rings is 1. The molecule has 0 spiro atoms. The highest BCUT2D eigenvalue weighted by molar-refractivity contribution is 5.97. The van der Waals surface area contributed by atoms with Gasteiger partial charge in [0.15, 0.2) is 11.5 Å². The summed E-state index contributed by atoms with van der Waals surface area (Å²) < 4.78 is 10.6. The lowest BCUT2D eigenvalue weighted by Gasteiger charge is -2.33. The zero-order chi connectivity index (χ0) is 20.3. The van der Waals surface area contributed by atoms with Crippen molar-refractivity contribution in [2.45, 2.75) is 31.3 Å². The number of methoxy groups -OCH3 is 2. The van der Waals surface area contributed by atoms with Crippen molar-refractivity contribution in [3.8, 4) is 11.5 Å². The normalized spacial score (nSPS) is 24.8. The summed E-state index contributed by atoms with van der Waals surface area (Å²) in [6.07, 6.45) is 2.32. The summed E-state index contributed by atoms with van der Waals surface area (Å²) in [6.45, 7) is 2.61. The summed E-state index contributed by atoms with van der Waals surface area (Å²) in [4.78, 5) is 30.2. The van der Waals surface area contributed by atoms with E-state index in [0.29, 0.717) is 24.5 Å². The predicted octanol–water partition coefficient (Wildman–Crippen LogP) is 0.128. The first-order valence-electron chi connectivity index (χ1n) is 9.80. The average molecular weight is 391 g/mol. The maximum Gasteiger partial charge on any atom is 0.317 e. The van der Waals surface area contributed by atoms with Crippen LogP contribution in [0.3, 0.4) is 0 Å². The summed E-state index contributed by atoms with van der Waals surface area (Å²) in [5.41, 5.74) is 0.742. The fourth-order valence-electron chi connectivity index (χ4n) is 3.97. The maximum absolute atomic E-state index is 12.7. The van der Waals surface area contributed by atoms with Gasteiger partial charge in [-0.2, -0.15) is 0 Å². The van der Waals surface area contributed by atoms with Gasteiger partial charge in [-0.15, -0.1) is 0 Å². The fraction of sp³-hybridized carbons (Fsp3) is 0.600. The van der Waals surface area contributed by atoms with Crippen LogP contribution in [0.5, 0.6) is 11.5 Å². The zero-order valence-corrected chi connectivity index (χ0v) is 17.2. The van der Waals surface area contributed by atoms with E-state index < -0.39 is 0 Å². The quantitative estimate of drug-likeness (QED) is 0.748. The molecule has 8 nitrogen and oxygen atoms in total.